The maximum Gasteiger partial charge on any atom is 0.300 e. The fraction of sp³-hybridized carbons (Fsp3) is 0.143. The number of aliphatic hydroxyl groups excluding tert-OH is 1. The van der Waals surface area contributed by atoms with E-state index in [0.29, 0.717) is 28.6 Å². The van der Waals surface area contributed by atoms with Crippen molar-refractivity contribution in [1.29, 1.82) is 0 Å². The highest BCUT2D eigenvalue weighted by atomic mass is 35.5. The molecule has 1 fully saturated rings. The molecule has 2 N–H and O–H groups in total. The molecule has 0 radical (unpaired) electrons. The molecule has 4 aromatic rings. The van der Waals surface area contributed by atoms with E-state index in [1.807, 2.05) is 38.1 Å². The number of anilines is 1. The van der Waals surface area contributed by atoms with E-state index in [1.54, 1.807) is 42.5 Å². The van der Waals surface area contributed by atoms with Crippen LogP contribution in [0.3, 0.4) is 0 Å². The van der Waals surface area contributed by atoms with Gasteiger partial charge in [-0.3, -0.25) is 14.5 Å². The monoisotopic (exact) mass is 520 g/mol. The number of hydrogen-bond donors (Lipinski definition) is 2. The summed E-state index contributed by atoms with van der Waals surface area (Å²) in [5.41, 5.74) is 2.88. The maximum absolute atomic E-state index is 13.5. The van der Waals surface area contributed by atoms with Gasteiger partial charge in [0.15, 0.2) is 0 Å². The number of rotatable bonds is 5. The van der Waals surface area contributed by atoms with Crippen LogP contribution in [0.25, 0.3) is 16.7 Å². The van der Waals surface area contributed by atoms with Gasteiger partial charge in [-0.25, -0.2) is 0 Å². The van der Waals surface area contributed by atoms with Crippen molar-refractivity contribution in [3.8, 4) is 5.75 Å². The zero-order valence-corrected chi connectivity index (χ0v) is 21.0. The second-order valence-electron chi connectivity index (χ2n) is 8.43. The Labute approximate surface area is 217 Å². The Kier molecular flexibility index (Phi) is 6.24. The number of nitrogens with one attached hydrogen (secondary N) is 1. The number of ether oxygens (including phenoxy) is 1. The average Bonchev–Trinajstić information content (AvgIpc) is 3.32. The van der Waals surface area contributed by atoms with Crippen molar-refractivity contribution in [1.82, 2.24) is 4.98 Å². The first kappa shape index (κ1) is 24.0. The van der Waals surface area contributed by atoms with E-state index in [1.165, 1.54) is 4.90 Å². The number of aromatic nitrogens is 1. The Morgan fingerprint density at radius 3 is 2.58 bits per heavy atom. The fourth-order valence-electron chi connectivity index (χ4n) is 4.74. The van der Waals surface area contributed by atoms with Crippen LogP contribution in [0, 0.1) is 6.92 Å². The average molecular weight is 521 g/mol. The summed E-state index contributed by atoms with van der Waals surface area (Å²) in [4.78, 5) is 31.7. The summed E-state index contributed by atoms with van der Waals surface area (Å²) in [6.07, 6.45) is 0. The number of benzene rings is 3. The molecule has 1 amide bonds. The van der Waals surface area contributed by atoms with Crippen LogP contribution in [0.5, 0.6) is 5.75 Å². The number of H-pyrrole nitrogens is 1. The summed E-state index contributed by atoms with van der Waals surface area (Å²) in [6.45, 7) is 4.12. The predicted molar refractivity (Wildman–Crippen MR) is 142 cm³/mol. The molecule has 5 rings (SSSR count). The molecule has 1 saturated heterocycles. The van der Waals surface area contributed by atoms with E-state index in [4.69, 9.17) is 27.9 Å². The van der Waals surface area contributed by atoms with Crippen LogP contribution < -0.4 is 9.64 Å². The number of aryl methyl sites for hydroxylation is 1. The molecule has 0 aliphatic carbocycles. The van der Waals surface area contributed by atoms with E-state index in [-0.39, 0.29) is 21.9 Å². The Bertz CT molecular complexity index is 1560. The van der Waals surface area contributed by atoms with Crippen LogP contribution in [-0.4, -0.2) is 28.4 Å². The number of fused-ring (bicyclic) bond motifs is 1. The summed E-state index contributed by atoms with van der Waals surface area (Å²) in [7, 11) is 0. The number of hydrogen-bond acceptors (Lipinski definition) is 4. The van der Waals surface area contributed by atoms with Crippen LogP contribution in [0.4, 0.5) is 5.69 Å². The molecule has 1 aromatic heterocycles. The van der Waals surface area contributed by atoms with E-state index < -0.39 is 17.7 Å². The number of carbonyl (C=O) groups is 2. The van der Waals surface area contributed by atoms with Gasteiger partial charge in [0.2, 0.25) is 0 Å². The Morgan fingerprint density at radius 2 is 1.83 bits per heavy atom. The third kappa shape index (κ3) is 3.92. The normalized spacial score (nSPS) is 17.2. The molecule has 1 unspecified atom stereocenters. The van der Waals surface area contributed by atoms with Gasteiger partial charge in [-0.2, -0.15) is 0 Å². The topological polar surface area (TPSA) is 82.6 Å². The Hall–Kier alpha value is -3.74. The van der Waals surface area contributed by atoms with Gasteiger partial charge in [-0.15, -0.1) is 0 Å². The van der Waals surface area contributed by atoms with Crippen molar-refractivity contribution in [3.63, 3.8) is 0 Å². The molecular weight excluding hydrogens is 499 g/mol. The second-order valence-corrected chi connectivity index (χ2v) is 9.28. The first-order valence-electron chi connectivity index (χ1n) is 11.4. The third-order valence-electron chi connectivity index (χ3n) is 6.25. The maximum atomic E-state index is 13.5. The second kappa shape index (κ2) is 9.37. The van der Waals surface area contributed by atoms with Crippen LogP contribution in [0.1, 0.15) is 29.8 Å². The fourth-order valence-corrected chi connectivity index (χ4v) is 5.13. The highest BCUT2D eigenvalue weighted by molar-refractivity contribution is 6.52. The minimum absolute atomic E-state index is 0.0663. The molecule has 8 heteroatoms. The molecule has 0 spiro atoms. The van der Waals surface area contributed by atoms with Gasteiger partial charge < -0.3 is 14.8 Å². The smallest absolute Gasteiger partial charge is 0.300 e. The van der Waals surface area contributed by atoms with Gasteiger partial charge in [0.1, 0.15) is 11.5 Å². The van der Waals surface area contributed by atoms with Crippen molar-refractivity contribution >= 4 is 57.2 Å². The highest BCUT2D eigenvalue weighted by Crippen LogP contribution is 2.46. The van der Waals surface area contributed by atoms with Gasteiger partial charge in [-0.05, 0) is 56.3 Å². The number of aliphatic hydroxyl groups is 1. The predicted octanol–water partition coefficient (Wildman–Crippen LogP) is 6.81. The van der Waals surface area contributed by atoms with E-state index >= 15 is 0 Å². The first-order valence-corrected chi connectivity index (χ1v) is 12.1. The summed E-state index contributed by atoms with van der Waals surface area (Å²) in [5, 5.41) is 13.0. The van der Waals surface area contributed by atoms with Gasteiger partial charge in [0.25, 0.3) is 11.7 Å². The molecule has 182 valence electrons. The quantitative estimate of drug-likeness (QED) is 0.172. The summed E-state index contributed by atoms with van der Waals surface area (Å²) >= 11 is 12.7. The number of ketones is 1. The summed E-state index contributed by atoms with van der Waals surface area (Å²) < 4.78 is 5.57. The number of nitrogens with zero attached hydrogens (tertiary/aromatic N) is 1. The largest absolute Gasteiger partial charge is 0.507 e. The van der Waals surface area contributed by atoms with Gasteiger partial charge in [0.05, 0.1) is 23.2 Å². The lowest BCUT2D eigenvalue weighted by Gasteiger charge is -2.26. The van der Waals surface area contributed by atoms with Crippen LogP contribution >= 0.6 is 23.2 Å². The van der Waals surface area contributed by atoms with E-state index in [9.17, 15) is 14.7 Å². The van der Waals surface area contributed by atoms with Gasteiger partial charge >= 0.3 is 0 Å². The number of halogens is 2. The molecule has 2 heterocycles. The van der Waals surface area contributed by atoms with E-state index in [0.717, 1.165) is 16.6 Å². The molecule has 3 aromatic carbocycles. The molecule has 36 heavy (non-hydrogen) atoms. The zero-order chi connectivity index (χ0) is 25.6. The third-order valence-corrected chi connectivity index (χ3v) is 6.82. The minimum Gasteiger partial charge on any atom is -0.507 e. The zero-order valence-electron chi connectivity index (χ0n) is 19.5. The summed E-state index contributed by atoms with van der Waals surface area (Å²) in [6, 6.07) is 18.2. The molecule has 0 saturated carbocycles. The van der Waals surface area contributed by atoms with Crippen molar-refractivity contribution < 1.29 is 19.4 Å². The first-order chi connectivity index (χ1) is 17.3. The minimum atomic E-state index is -0.925. The number of Topliss-reactive ketones (excluding diaryl/α,β-unsaturated/α-hetero) is 1. The van der Waals surface area contributed by atoms with E-state index in [2.05, 4.69) is 4.98 Å². The Balaban J connectivity index is 1.82. The number of para-hydroxylation sites is 1. The molecule has 6 nitrogen and oxygen atoms in total. The molecule has 1 aliphatic heterocycles. The van der Waals surface area contributed by atoms with Crippen LogP contribution in [0.15, 0.2) is 72.3 Å². The molecule has 1 atom stereocenters. The van der Waals surface area contributed by atoms with Gasteiger partial charge in [-0.1, -0.05) is 47.5 Å². The van der Waals surface area contributed by atoms with Gasteiger partial charge in [0, 0.05) is 38.4 Å². The molecular formula is C28H22Cl2N2O4. The number of aromatic amines is 1. The van der Waals surface area contributed by atoms with Crippen LogP contribution in [0.2, 0.25) is 10.0 Å². The van der Waals surface area contributed by atoms with Crippen LogP contribution in [-0.2, 0) is 9.59 Å². The van der Waals surface area contributed by atoms with Crippen molar-refractivity contribution in [2.24, 2.45) is 0 Å². The molecule has 0 bridgehead atoms. The lowest BCUT2D eigenvalue weighted by atomic mass is 9.93. The SMILES string of the molecule is CCOc1ccc(Cl)c(/C(O)=C2\C(=O)C(=O)N(c3cccc(Cl)c3)C2c2c(C)[nH]c3ccccc23)c1. The number of carbonyl (C=O) groups excluding carboxylic acids is 2. The standard InChI is InChI=1S/C28H22Cl2N2O4/c1-3-36-18-11-12-21(30)20(14-18)26(33)24-25(23-15(2)31-22-10-5-4-9-19(22)23)32(28(35)27(24)34)17-8-6-7-16(29)13-17/h4-14,25,31,33H,3H2,1-2H3/b26-24+. The van der Waals surface area contributed by atoms with Crippen molar-refractivity contribution in [2.45, 2.75) is 19.9 Å². The molecule has 1 aliphatic rings. The highest BCUT2D eigenvalue weighted by Gasteiger charge is 2.48. The lowest BCUT2D eigenvalue weighted by Crippen LogP contribution is -2.29. The lowest BCUT2D eigenvalue weighted by molar-refractivity contribution is -0.132. The Morgan fingerprint density at radius 1 is 1.06 bits per heavy atom. The summed E-state index contributed by atoms with van der Waals surface area (Å²) in [5.74, 6) is -1.49. The van der Waals surface area contributed by atoms with Crippen molar-refractivity contribution in [3.05, 3.63) is 99.2 Å². The number of amides is 1. The van der Waals surface area contributed by atoms with Crippen molar-refractivity contribution in [2.75, 3.05) is 11.5 Å².